The molecule has 2 N–H and O–H groups in total. The second kappa shape index (κ2) is 13.7. The van der Waals surface area contributed by atoms with Crippen LogP contribution in [0.2, 0.25) is 0 Å². The van der Waals surface area contributed by atoms with E-state index in [0.29, 0.717) is 0 Å². The van der Waals surface area contributed by atoms with E-state index in [1.165, 1.54) is 0 Å². The summed E-state index contributed by atoms with van der Waals surface area (Å²) in [7, 11) is 0. The van der Waals surface area contributed by atoms with Crippen LogP contribution in [0, 0.1) is 0 Å². The van der Waals surface area contributed by atoms with Crippen LogP contribution in [0.1, 0.15) is 29.5 Å². The number of aliphatic hydroxyl groups excluding tert-OH is 1. The summed E-state index contributed by atoms with van der Waals surface area (Å²) in [6.45, 7) is 0.323. The van der Waals surface area contributed by atoms with Crippen LogP contribution < -0.4 is 5.32 Å². The van der Waals surface area contributed by atoms with Crippen LogP contribution in [0.3, 0.4) is 0 Å². The van der Waals surface area contributed by atoms with Gasteiger partial charge < -0.3 is 24.6 Å². The molecule has 0 unspecified atom stereocenters. The molecule has 3 aromatic carbocycles. The van der Waals surface area contributed by atoms with Gasteiger partial charge in [0.05, 0.1) is 32.0 Å². The van der Waals surface area contributed by atoms with Crippen molar-refractivity contribution in [1.29, 1.82) is 0 Å². The molecule has 0 aromatic heterocycles. The standard InChI is InChI=1S/C30H32F3NO5/c31-30(32,33)29(36)34-24-16-17-25(35)27(38-19-22-12-6-2-7-13-22)28(39-20-23-14-8-3-9-15-23)26(24)37-18-21-10-4-1-5-11-21/h1-15,24-28,35H,16-20H2,(H,34,36)/t24-,25+,26+,27+,28-/m0/s1. The number of hydrogen-bond acceptors (Lipinski definition) is 5. The highest BCUT2D eigenvalue weighted by Crippen LogP contribution is 2.30. The molecule has 1 saturated carbocycles. The Balaban J connectivity index is 1.64. The fraction of sp³-hybridized carbons (Fsp3) is 0.367. The van der Waals surface area contributed by atoms with Crippen LogP contribution in [-0.2, 0) is 38.8 Å². The normalized spacial score (nSPS) is 23.6. The zero-order chi connectivity index (χ0) is 27.7. The van der Waals surface area contributed by atoms with Crippen LogP contribution >= 0.6 is 0 Å². The number of ether oxygens (including phenoxy) is 3. The Hall–Kier alpha value is -3.24. The van der Waals surface area contributed by atoms with Gasteiger partial charge in [-0.15, -0.1) is 0 Å². The summed E-state index contributed by atoms with van der Waals surface area (Å²) in [4.78, 5) is 12.0. The predicted molar refractivity (Wildman–Crippen MR) is 138 cm³/mol. The molecule has 1 aliphatic rings. The fourth-order valence-corrected chi connectivity index (χ4v) is 4.62. The molecule has 1 fully saturated rings. The summed E-state index contributed by atoms with van der Waals surface area (Å²) in [6, 6.07) is 26.7. The number of aliphatic hydroxyl groups is 1. The van der Waals surface area contributed by atoms with Crippen LogP contribution in [0.15, 0.2) is 91.0 Å². The Bertz CT molecular complexity index is 1150. The number of benzene rings is 3. The number of halogens is 3. The lowest BCUT2D eigenvalue weighted by Crippen LogP contribution is -2.55. The van der Waals surface area contributed by atoms with Gasteiger partial charge in [0.15, 0.2) is 0 Å². The van der Waals surface area contributed by atoms with Crippen molar-refractivity contribution in [2.24, 2.45) is 0 Å². The summed E-state index contributed by atoms with van der Waals surface area (Å²) in [5, 5.41) is 13.2. The van der Waals surface area contributed by atoms with E-state index in [4.69, 9.17) is 14.2 Å². The number of alkyl halides is 3. The third-order valence-electron chi connectivity index (χ3n) is 6.63. The van der Waals surface area contributed by atoms with Crippen molar-refractivity contribution < 1.29 is 37.3 Å². The summed E-state index contributed by atoms with van der Waals surface area (Å²) >= 11 is 0. The molecule has 6 nitrogen and oxygen atoms in total. The second-order valence-electron chi connectivity index (χ2n) is 9.51. The van der Waals surface area contributed by atoms with Gasteiger partial charge in [0, 0.05) is 0 Å². The maximum atomic E-state index is 13.3. The molecule has 0 aliphatic heterocycles. The minimum absolute atomic E-state index is 0.0405. The van der Waals surface area contributed by atoms with Crippen molar-refractivity contribution in [2.75, 3.05) is 0 Å². The lowest BCUT2D eigenvalue weighted by atomic mass is 10.0. The Kier molecular flexibility index (Phi) is 10.1. The van der Waals surface area contributed by atoms with Crippen molar-refractivity contribution in [1.82, 2.24) is 5.32 Å². The topological polar surface area (TPSA) is 77.0 Å². The lowest BCUT2D eigenvalue weighted by molar-refractivity contribution is -0.185. The largest absolute Gasteiger partial charge is 0.471 e. The number of amides is 1. The average molecular weight is 544 g/mol. The maximum Gasteiger partial charge on any atom is 0.471 e. The zero-order valence-corrected chi connectivity index (χ0v) is 21.3. The molecule has 208 valence electrons. The third kappa shape index (κ3) is 8.37. The molecule has 1 amide bonds. The van der Waals surface area contributed by atoms with Crippen LogP contribution in [0.4, 0.5) is 13.2 Å². The first kappa shape index (κ1) is 28.8. The number of carbonyl (C=O) groups excluding carboxylic acids is 1. The third-order valence-corrected chi connectivity index (χ3v) is 6.63. The smallest absolute Gasteiger partial charge is 0.390 e. The highest BCUT2D eigenvalue weighted by molar-refractivity contribution is 5.82. The summed E-state index contributed by atoms with van der Waals surface area (Å²) in [6.07, 6.45) is -8.98. The Morgan fingerprint density at radius 2 is 1.10 bits per heavy atom. The maximum absolute atomic E-state index is 13.3. The molecule has 5 atom stereocenters. The summed E-state index contributed by atoms with van der Waals surface area (Å²) in [5.41, 5.74) is 2.49. The van der Waals surface area contributed by atoms with E-state index >= 15 is 0 Å². The van der Waals surface area contributed by atoms with Gasteiger partial charge in [-0.2, -0.15) is 13.2 Å². The molecule has 3 aromatic rings. The minimum atomic E-state index is -5.07. The van der Waals surface area contributed by atoms with Crippen molar-refractivity contribution in [2.45, 2.75) is 69.3 Å². The van der Waals surface area contributed by atoms with Gasteiger partial charge in [0.1, 0.15) is 18.3 Å². The molecular weight excluding hydrogens is 511 g/mol. The van der Waals surface area contributed by atoms with Crippen molar-refractivity contribution in [3.63, 3.8) is 0 Å². The SMILES string of the molecule is O=C(N[C@H]1CC[C@@H](O)[C@@H](OCc2ccccc2)[C@@H](OCc2ccccc2)[C@@H]1OCc1ccccc1)C(F)(F)F. The van der Waals surface area contributed by atoms with Crippen molar-refractivity contribution in [3.05, 3.63) is 108 Å². The molecule has 0 heterocycles. The minimum Gasteiger partial charge on any atom is -0.390 e. The van der Waals surface area contributed by atoms with E-state index in [1.54, 1.807) is 0 Å². The first-order valence-electron chi connectivity index (χ1n) is 12.8. The van der Waals surface area contributed by atoms with Gasteiger partial charge in [-0.25, -0.2) is 0 Å². The lowest BCUT2D eigenvalue weighted by Gasteiger charge is -2.36. The Morgan fingerprint density at radius 3 is 1.54 bits per heavy atom. The van der Waals surface area contributed by atoms with Crippen LogP contribution in [0.25, 0.3) is 0 Å². The van der Waals surface area contributed by atoms with Crippen molar-refractivity contribution in [3.8, 4) is 0 Å². The van der Waals surface area contributed by atoms with Gasteiger partial charge >= 0.3 is 12.1 Å². The van der Waals surface area contributed by atoms with Gasteiger partial charge in [-0.1, -0.05) is 91.0 Å². The van der Waals surface area contributed by atoms with Crippen LogP contribution in [0.5, 0.6) is 0 Å². The fourth-order valence-electron chi connectivity index (χ4n) is 4.62. The van der Waals surface area contributed by atoms with E-state index in [2.05, 4.69) is 5.32 Å². The monoisotopic (exact) mass is 543 g/mol. The Morgan fingerprint density at radius 1 is 0.692 bits per heavy atom. The molecular formula is C30H32F3NO5. The molecule has 0 bridgehead atoms. The summed E-state index contributed by atoms with van der Waals surface area (Å²) < 4.78 is 58.4. The van der Waals surface area contributed by atoms with Gasteiger partial charge in [-0.3, -0.25) is 4.79 Å². The highest BCUT2D eigenvalue weighted by atomic mass is 19.4. The Labute approximate surface area is 225 Å². The van der Waals surface area contributed by atoms with Crippen molar-refractivity contribution >= 4 is 5.91 Å². The van der Waals surface area contributed by atoms with E-state index in [0.717, 1.165) is 16.7 Å². The molecule has 0 spiro atoms. The van der Waals surface area contributed by atoms with Gasteiger partial charge in [0.2, 0.25) is 0 Å². The van der Waals surface area contributed by atoms with Crippen LogP contribution in [-0.4, -0.2) is 47.6 Å². The van der Waals surface area contributed by atoms with Gasteiger partial charge in [-0.05, 0) is 29.5 Å². The highest BCUT2D eigenvalue weighted by Gasteiger charge is 2.47. The van der Waals surface area contributed by atoms with E-state index in [9.17, 15) is 23.1 Å². The van der Waals surface area contributed by atoms with E-state index in [1.807, 2.05) is 91.0 Å². The van der Waals surface area contributed by atoms with E-state index < -0.39 is 42.5 Å². The quantitative estimate of drug-likeness (QED) is 0.354. The molecule has 0 saturated heterocycles. The molecule has 0 radical (unpaired) electrons. The van der Waals surface area contributed by atoms with E-state index in [-0.39, 0.29) is 32.7 Å². The molecule has 1 aliphatic carbocycles. The zero-order valence-electron chi connectivity index (χ0n) is 21.3. The average Bonchev–Trinajstić information content (AvgIpc) is 3.06. The second-order valence-corrected chi connectivity index (χ2v) is 9.51. The number of rotatable bonds is 10. The van der Waals surface area contributed by atoms with Gasteiger partial charge in [0.25, 0.3) is 0 Å². The first-order chi connectivity index (χ1) is 18.8. The summed E-state index contributed by atoms with van der Waals surface area (Å²) in [5.74, 6) is -2.07. The molecule has 9 heteroatoms. The number of carbonyl (C=O) groups is 1. The first-order valence-corrected chi connectivity index (χ1v) is 12.8. The molecule has 39 heavy (non-hydrogen) atoms. The number of nitrogens with one attached hydrogen (secondary N) is 1. The predicted octanol–water partition coefficient (Wildman–Crippen LogP) is 4.94. The number of hydrogen-bond donors (Lipinski definition) is 2. The molecule has 4 rings (SSSR count).